The molecule has 1 aliphatic heterocycles. The molecule has 3 atom stereocenters. The number of pyridine rings is 2. The van der Waals surface area contributed by atoms with E-state index in [0.29, 0.717) is 29.8 Å². The Hall–Kier alpha value is -4.54. The van der Waals surface area contributed by atoms with E-state index in [1.54, 1.807) is 36.0 Å². The Morgan fingerprint density at radius 3 is 2.37 bits per heavy atom. The van der Waals surface area contributed by atoms with E-state index in [9.17, 15) is 19.7 Å². The highest BCUT2D eigenvalue weighted by Gasteiger charge is 2.37. The average Bonchev–Trinajstić information content (AvgIpc) is 3.34. The topological polar surface area (TPSA) is 107 Å². The molecule has 10 heteroatoms. The molecule has 3 aromatic heterocycles. The van der Waals surface area contributed by atoms with Crippen molar-refractivity contribution in [3.63, 3.8) is 0 Å². The highest BCUT2D eigenvalue weighted by atomic mass is 19.1. The largest absolute Gasteiger partial charge is 0.363 e. The highest BCUT2D eigenvalue weighted by Crippen LogP contribution is 2.36. The highest BCUT2D eigenvalue weighted by molar-refractivity contribution is 5.92. The van der Waals surface area contributed by atoms with E-state index in [1.807, 2.05) is 26.4 Å². The van der Waals surface area contributed by atoms with Crippen LogP contribution in [0.2, 0.25) is 0 Å². The first-order valence-electron chi connectivity index (χ1n) is 12.3. The van der Waals surface area contributed by atoms with Crippen LogP contribution in [0.4, 0.5) is 10.1 Å². The number of piperazine rings is 1. The van der Waals surface area contributed by atoms with Gasteiger partial charge in [0.05, 0.1) is 23.4 Å². The second-order valence-electron chi connectivity index (χ2n) is 9.82. The van der Waals surface area contributed by atoms with Gasteiger partial charge in [-0.3, -0.25) is 14.4 Å². The first-order chi connectivity index (χ1) is 18.2. The Balaban J connectivity index is 1.61. The van der Waals surface area contributed by atoms with Gasteiger partial charge >= 0.3 is 0 Å². The van der Waals surface area contributed by atoms with Crippen molar-refractivity contribution >= 4 is 16.7 Å². The second-order valence-corrected chi connectivity index (χ2v) is 9.82. The predicted octanol–water partition coefficient (Wildman–Crippen LogP) is 3.24. The molecule has 1 unspecified atom stereocenters. The van der Waals surface area contributed by atoms with Gasteiger partial charge in [0, 0.05) is 51.0 Å². The molecule has 0 saturated carbocycles. The summed E-state index contributed by atoms with van der Waals surface area (Å²) in [5.74, 6) is -0.296. The first-order valence-corrected chi connectivity index (χ1v) is 12.3. The zero-order valence-corrected chi connectivity index (χ0v) is 21.6. The maximum Gasteiger partial charge on any atom is 0.270 e. The summed E-state index contributed by atoms with van der Waals surface area (Å²) in [6, 6.07) is 13.7. The molecule has 1 aromatic carbocycles. The summed E-state index contributed by atoms with van der Waals surface area (Å²) < 4.78 is 16.9. The molecule has 0 aliphatic carbocycles. The monoisotopic (exact) mass is 510 g/mol. The normalized spacial score (nSPS) is 18.8. The first kappa shape index (κ1) is 25.1. The molecule has 38 heavy (non-hydrogen) atoms. The summed E-state index contributed by atoms with van der Waals surface area (Å²) in [7, 11) is 3.47. The molecule has 1 fully saturated rings. The molecule has 0 spiro atoms. The van der Waals surface area contributed by atoms with Gasteiger partial charge in [-0.25, -0.2) is 9.37 Å². The van der Waals surface area contributed by atoms with Crippen LogP contribution in [0.15, 0.2) is 53.6 Å². The number of aromatic nitrogens is 4. The molecule has 9 nitrogen and oxygen atoms in total. The number of hydrogen-bond donors (Lipinski definition) is 0. The van der Waals surface area contributed by atoms with E-state index in [1.165, 1.54) is 16.7 Å². The standard InChI is InChI=1S/C28H27FN8O/c1-17-15-37(27-23(12-31)28(38)35(4)24-10-9-22(11-30)33-25(24)27)18(2)14-36(17)26(20-13-32-34(3)16-20)19-5-7-21(29)8-6-19/h5-10,13,16-18,26H,14-15H2,1-4H3/t17-,18+,26?/m1/s1. The van der Waals surface area contributed by atoms with Crippen LogP contribution in [0, 0.1) is 28.5 Å². The van der Waals surface area contributed by atoms with E-state index in [4.69, 9.17) is 0 Å². The SMILES string of the molecule is C[C@@H]1CN(c2c(C#N)c(=O)n(C)c3ccc(C#N)nc23)[C@@H](C)CN1C(c1ccc(F)cc1)c1cnn(C)c1. The van der Waals surface area contributed by atoms with E-state index < -0.39 is 5.56 Å². The minimum Gasteiger partial charge on any atom is -0.363 e. The van der Waals surface area contributed by atoms with Gasteiger partial charge in [-0.05, 0) is 43.7 Å². The number of benzene rings is 1. The summed E-state index contributed by atoms with van der Waals surface area (Å²) in [5.41, 5.74) is 3.24. The lowest BCUT2D eigenvalue weighted by Gasteiger charge is -2.48. The van der Waals surface area contributed by atoms with Gasteiger partial charge in [-0.2, -0.15) is 15.6 Å². The van der Waals surface area contributed by atoms with Crippen LogP contribution in [-0.4, -0.2) is 49.4 Å². The maximum absolute atomic E-state index is 13.8. The molecular formula is C28H27FN8O. The second kappa shape index (κ2) is 9.73. The van der Waals surface area contributed by atoms with Crippen LogP contribution in [0.3, 0.4) is 0 Å². The Bertz CT molecular complexity index is 1660. The van der Waals surface area contributed by atoms with Crippen molar-refractivity contribution in [1.82, 2.24) is 24.2 Å². The Morgan fingerprint density at radius 2 is 1.74 bits per heavy atom. The number of hydrogen-bond acceptors (Lipinski definition) is 7. The van der Waals surface area contributed by atoms with Crippen molar-refractivity contribution < 1.29 is 4.39 Å². The molecule has 0 N–H and O–H groups in total. The van der Waals surface area contributed by atoms with Crippen molar-refractivity contribution in [3.05, 3.63) is 87.3 Å². The summed E-state index contributed by atoms with van der Waals surface area (Å²) in [6.45, 7) is 5.24. The van der Waals surface area contributed by atoms with Gasteiger partial charge in [-0.15, -0.1) is 0 Å². The average molecular weight is 511 g/mol. The van der Waals surface area contributed by atoms with Crippen LogP contribution >= 0.6 is 0 Å². The van der Waals surface area contributed by atoms with E-state index in [0.717, 1.165) is 11.1 Å². The number of rotatable bonds is 4. The quantitative estimate of drug-likeness (QED) is 0.415. The third-order valence-corrected chi connectivity index (χ3v) is 7.32. The van der Waals surface area contributed by atoms with Gasteiger partial charge in [0.25, 0.3) is 5.56 Å². The van der Waals surface area contributed by atoms with Gasteiger partial charge in [-0.1, -0.05) is 12.1 Å². The summed E-state index contributed by atoms with van der Waals surface area (Å²) in [4.78, 5) is 22.1. The fraction of sp³-hybridized carbons (Fsp3) is 0.321. The van der Waals surface area contributed by atoms with Gasteiger partial charge in [0.15, 0.2) is 0 Å². The van der Waals surface area contributed by atoms with Crippen molar-refractivity contribution in [2.75, 3.05) is 18.0 Å². The molecule has 0 bridgehead atoms. The smallest absolute Gasteiger partial charge is 0.270 e. The third-order valence-electron chi connectivity index (χ3n) is 7.32. The molecule has 1 aliphatic rings. The van der Waals surface area contributed by atoms with Crippen LogP contribution in [0.5, 0.6) is 0 Å². The number of fused-ring (bicyclic) bond motifs is 1. The number of nitriles is 2. The van der Waals surface area contributed by atoms with E-state index >= 15 is 0 Å². The number of nitrogens with zero attached hydrogens (tertiary/aromatic N) is 8. The van der Waals surface area contributed by atoms with Crippen molar-refractivity contribution in [1.29, 1.82) is 10.5 Å². The fourth-order valence-corrected chi connectivity index (χ4v) is 5.46. The van der Waals surface area contributed by atoms with Crippen molar-refractivity contribution in [2.24, 2.45) is 14.1 Å². The Morgan fingerprint density at radius 1 is 1.00 bits per heavy atom. The molecule has 4 heterocycles. The third kappa shape index (κ3) is 4.19. The predicted molar refractivity (Wildman–Crippen MR) is 141 cm³/mol. The zero-order valence-electron chi connectivity index (χ0n) is 21.6. The fourth-order valence-electron chi connectivity index (χ4n) is 5.46. The molecule has 0 amide bonds. The lowest BCUT2D eigenvalue weighted by atomic mass is 9.95. The van der Waals surface area contributed by atoms with Crippen LogP contribution in [-0.2, 0) is 14.1 Å². The number of anilines is 1. The number of aryl methyl sites for hydroxylation is 2. The Kier molecular flexibility index (Phi) is 6.43. The summed E-state index contributed by atoms with van der Waals surface area (Å²) in [6.07, 6.45) is 3.79. The van der Waals surface area contributed by atoms with Crippen molar-refractivity contribution in [3.8, 4) is 12.1 Å². The van der Waals surface area contributed by atoms with Gasteiger partial charge in [0.1, 0.15) is 34.7 Å². The molecule has 192 valence electrons. The minimum absolute atomic E-state index is 0.0115. The van der Waals surface area contributed by atoms with Crippen LogP contribution in [0.1, 0.15) is 42.3 Å². The lowest BCUT2D eigenvalue weighted by molar-refractivity contribution is 0.130. The molecular weight excluding hydrogens is 483 g/mol. The van der Waals surface area contributed by atoms with Gasteiger partial charge in [0.2, 0.25) is 0 Å². The van der Waals surface area contributed by atoms with Crippen LogP contribution in [0.25, 0.3) is 11.0 Å². The molecule has 1 saturated heterocycles. The van der Waals surface area contributed by atoms with Gasteiger partial charge < -0.3 is 9.47 Å². The maximum atomic E-state index is 13.8. The lowest BCUT2D eigenvalue weighted by Crippen LogP contribution is -2.58. The van der Waals surface area contributed by atoms with E-state index in [-0.39, 0.29) is 35.2 Å². The summed E-state index contributed by atoms with van der Waals surface area (Å²) in [5, 5.41) is 23.9. The molecule has 4 aromatic rings. The summed E-state index contributed by atoms with van der Waals surface area (Å²) >= 11 is 0. The molecule has 0 radical (unpaired) electrons. The van der Waals surface area contributed by atoms with E-state index in [2.05, 4.69) is 38.9 Å². The number of halogens is 1. The zero-order chi connectivity index (χ0) is 27.1. The Labute approximate surface area is 219 Å². The minimum atomic E-state index is -0.400. The van der Waals surface area contributed by atoms with Crippen LogP contribution < -0.4 is 10.5 Å². The van der Waals surface area contributed by atoms with Crippen molar-refractivity contribution in [2.45, 2.75) is 32.0 Å². The molecule has 5 rings (SSSR count).